The molecule has 0 aromatic rings. The Kier molecular flexibility index (Phi) is 4.62. The molecule has 0 N–H and O–H groups in total. The Morgan fingerprint density at radius 2 is 2.06 bits per heavy atom. The summed E-state index contributed by atoms with van der Waals surface area (Å²) in [6.45, 7) is 1.68. The Balaban J connectivity index is 2.75. The van der Waals surface area contributed by atoms with Crippen molar-refractivity contribution in [2.45, 2.75) is 19.4 Å². The number of alkyl halides is 1. The maximum Gasteiger partial charge on any atom is 0.214 e. The molecule has 0 bridgehead atoms. The van der Waals surface area contributed by atoms with Gasteiger partial charge in [-0.25, -0.2) is 16.8 Å². The van der Waals surface area contributed by atoms with E-state index >= 15 is 0 Å². The summed E-state index contributed by atoms with van der Waals surface area (Å²) in [5, 5.41) is 0. The number of rotatable bonds is 4. The molecule has 1 aliphatic rings. The van der Waals surface area contributed by atoms with E-state index in [1.807, 2.05) is 0 Å². The molecule has 1 heterocycles. The minimum atomic E-state index is -3.36. The second kappa shape index (κ2) is 5.20. The van der Waals surface area contributed by atoms with Gasteiger partial charge in [0.25, 0.3) is 0 Å². The zero-order valence-electron chi connectivity index (χ0n) is 9.09. The van der Waals surface area contributed by atoms with E-state index in [0.717, 1.165) is 0 Å². The van der Waals surface area contributed by atoms with Crippen LogP contribution in [0.15, 0.2) is 0 Å². The molecule has 96 valence electrons. The molecule has 1 aliphatic heterocycles. The maximum atomic E-state index is 11.8. The highest BCUT2D eigenvalue weighted by Crippen LogP contribution is 2.16. The third-order valence-corrected chi connectivity index (χ3v) is 6.63. The molecule has 0 amide bonds. The fourth-order valence-electron chi connectivity index (χ4n) is 1.75. The zero-order valence-corrected chi connectivity index (χ0v) is 11.5. The van der Waals surface area contributed by atoms with E-state index in [4.69, 9.17) is 11.6 Å². The first-order valence-corrected chi connectivity index (χ1v) is 9.01. The molecule has 1 saturated heterocycles. The summed E-state index contributed by atoms with van der Waals surface area (Å²) < 4.78 is 47.6. The van der Waals surface area contributed by atoms with Crippen molar-refractivity contribution < 1.29 is 16.8 Å². The summed E-state index contributed by atoms with van der Waals surface area (Å²) in [5.41, 5.74) is 0. The van der Waals surface area contributed by atoms with Gasteiger partial charge in [-0.1, -0.05) is 0 Å². The summed E-state index contributed by atoms with van der Waals surface area (Å²) in [6, 6.07) is -0.473. The molecule has 0 spiro atoms. The molecule has 8 heteroatoms. The Morgan fingerprint density at radius 1 is 1.44 bits per heavy atom. The lowest BCUT2D eigenvalue weighted by Crippen LogP contribution is -2.50. The lowest BCUT2D eigenvalue weighted by Gasteiger charge is -2.32. The molecule has 0 aliphatic carbocycles. The largest absolute Gasteiger partial charge is 0.229 e. The van der Waals surface area contributed by atoms with E-state index < -0.39 is 25.9 Å². The van der Waals surface area contributed by atoms with Crippen LogP contribution in [-0.2, 0) is 19.9 Å². The van der Waals surface area contributed by atoms with Crippen LogP contribution in [-0.4, -0.2) is 56.9 Å². The zero-order chi connectivity index (χ0) is 12.4. The van der Waals surface area contributed by atoms with Gasteiger partial charge in [-0.05, 0) is 13.3 Å². The van der Waals surface area contributed by atoms with Crippen LogP contribution in [0.1, 0.15) is 13.3 Å². The van der Waals surface area contributed by atoms with Crippen molar-refractivity contribution in [2.75, 3.05) is 29.7 Å². The molecule has 16 heavy (non-hydrogen) atoms. The number of halogens is 1. The fourth-order valence-corrected chi connectivity index (χ4v) is 5.55. The normalized spacial score (nSPS) is 26.8. The van der Waals surface area contributed by atoms with Gasteiger partial charge in [0.2, 0.25) is 10.0 Å². The van der Waals surface area contributed by atoms with Crippen molar-refractivity contribution in [1.82, 2.24) is 4.31 Å². The second-order valence-corrected chi connectivity index (χ2v) is 8.58. The number of hydrogen-bond donors (Lipinski definition) is 0. The van der Waals surface area contributed by atoms with Crippen molar-refractivity contribution in [1.29, 1.82) is 0 Å². The van der Waals surface area contributed by atoms with Gasteiger partial charge in [-0.2, -0.15) is 4.31 Å². The van der Waals surface area contributed by atoms with Crippen molar-refractivity contribution in [3.8, 4) is 0 Å². The summed E-state index contributed by atoms with van der Waals surface area (Å²) in [7, 11) is -6.44. The molecule has 0 radical (unpaired) electrons. The topological polar surface area (TPSA) is 71.5 Å². The van der Waals surface area contributed by atoms with Gasteiger partial charge < -0.3 is 0 Å². The maximum absolute atomic E-state index is 11.8. The average molecular weight is 290 g/mol. The molecular weight excluding hydrogens is 274 g/mol. The van der Waals surface area contributed by atoms with Crippen LogP contribution in [0.2, 0.25) is 0 Å². The van der Waals surface area contributed by atoms with Crippen molar-refractivity contribution in [3.63, 3.8) is 0 Å². The van der Waals surface area contributed by atoms with Crippen molar-refractivity contribution in [3.05, 3.63) is 0 Å². The van der Waals surface area contributed by atoms with Gasteiger partial charge in [0.05, 0.1) is 17.3 Å². The number of sulfone groups is 1. The number of nitrogens with zero attached hydrogens (tertiary/aromatic N) is 1. The third kappa shape index (κ3) is 3.58. The molecule has 1 fully saturated rings. The average Bonchev–Trinajstić information content (AvgIpc) is 2.12. The molecule has 0 aromatic heterocycles. The minimum Gasteiger partial charge on any atom is -0.229 e. The van der Waals surface area contributed by atoms with E-state index in [-0.39, 0.29) is 23.8 Å². The van der Waals surface area contributed by atoms with E-state index in [1.165, 1.54) is 4.31 Å². The highest BCUT2D eigenvalue weighted by atomic mass is 35.5. The highest BCUT2D eigenvalue weighted by Gasteiger charge is 2.34. The highest BCUT2D eigenvalue weighted by molar-refractivity contribution is 7.92. The van der Waals surface area contributed by atoms with Crippen LogP contribution >= 0.6 is 11.6 Å². The summed E-state index contributed by atoms with van der Waals surface area (Å²) >= 11 is 5.45. The smallest absolute Gasteiger partial charge is 0.214 e. The number of sulfonamides is 1. The van der Waals surface area contributed by atoms with Gasteiger partial charge in [0.15, 0.2) is 9.84 Å². The Morgan fingerprint density at radius 3 is 2.56 bits per heavy atom. The van der Waals surface area contributed by atoms with Crippen LogP contribution in [0.3, 0.4) is 0 Å². The standard InChI is InChI=1S/C8H16ClNO4S2/c1-8-7-15(11,12)6-4-10(8)16(13,14)5-2-3-9/h8H,2-7H2,1H3. The molecule has 1 rings (SSSR count). The minimum absolute atomic E-state index is 0.0130. The Bertz CT molecular complexity index is 431. The van der Waals surface area contributed by atoms with E-state index in [2.05, 4.69) is 0 Å². The van der Waals surface area contributed by atoms with E-state index in [1.54, 1.807) is 6.92 Å². The molecule has 1 unspecified atom stereocenters. The van der Waals surface area contributed by atoms with Gasteiger partial charge in [0.1, 0.15) is 0 Å². The van der Waals surface area contributed by atoms with Gasteiger partial charge >= 0.3 is 0 Å². The predicted molar refractivity (Wildman–Crippen MR) is 63.9 cm³/mol. The first-order chi connectivity index (χ1) is 7.28. The summed E-state index contributed by atoms with van der Waals surface area (Å²) in [5.74, 6) is 0.102. The Hall–Kier alpha value is 0.150. The summed E-state index contributed by atoms with van der Waals surface area (Å²) in [6.07, 6.45) is 0.389. The molecular formula is C8H16ClNO4S2. The summed E-state index contributed by atoms with van der Waals surface area (Å²) in [4.78, 5) is 0. The lowest BCUT2D eigenvalue weighted by atomic mass is 10.4. The fraction of sp³-hybridized carbons (Fsp3) is 1.00. The quantitative estimate of drug-likeness (QED) is 0.687. The first kappa shape index (κ1) is 14.2. The van der Waals surface area contributed by atoms with Gasteiger partial charge in [-0.15, -0.1) is 11.6 Å². The van der Waals surface area contributed by atoms with Crippen LogP contribution in [0, 0.1) is 0 Å². The first-order valence-electron chi connectivity index (χ1n) is 5.04. The molecule has 0 aromatic carbocycles. The van der Waals surface area contributed by atoms with Crippen LogP contribution in [0.4, 0.5) is 0 Å². The Labute approximate surface area is 102 Å². The monoisotopic (exact) mass is 289 g/mol. The van der Waals surface area contributed by atoms with E-state index in [9.17, 15) is 16.8 Å². The van der Waals surface area contributed by atoms with Crippen LogP contribution in [0.5, 0.6) is 0 Å². The third-order valence-electron chi connectivity index (χ3n) is 2.50. The molecule has 5 nitrogen and oxygen atoms in total. The molecule has 1 atom stereocenters. The predicted octanol–water partition coefficient (Wildman–Crippen LogP) is 0.0640. The van der Waals surface area contributed by atoms with Crippen LogP contribution in [0.25, 0.3) is 0 Å². The van der Waals surface area contributed by atoms with Gasteiger partial charge in [0, 0.05) is 18.5 Å². The molecule has 0 saturated carbocycles. The van der Waals surface area contributed by atoms with Crippen molar-refractivity contribution >= 4 is 31.5 Å². The van der Waals surface area contributed by atoms with E-state index in [0.29, 0.717) is 12.3 Å². The number of hydrogen-bond acceptors (Lipinski definition) is 4. The lowest BCUT2D eigenvalue weighted by molar-refractivity contribution is 0.356. The second-order valence-electron chi connectivity index (χ2n) is 3.93. The SMILES string of the molecule is CC1CS(=O)(=O)CCN1S(=O)(=O)CCCCl. The van der Waals surface area contributed by atoms with Crippen molar-refractivity contribution in [2.24, 2.45) is 0 Å². The van der Waals surface area contributed by atoms with Gasteiger partial charge in [-0.3, -0.25) is 0 Å². The van der Waals surface area contributed by atoms with Crippen LogP contribution < -0.4 is 0 Å².